The van der Waals surface area contributed by atoms with Crippen molar-refractivity contribution in [2.45, 2.75) is 11.4 Å². The van der Waals surface area contributed by atoms with Crippen LogP contribution in [0, 0.1) is 5.82 Å². The minimum atomic E-state index is -3.63. The zero-order valence-electron chi connectivity index (χ0n) is 15.3. The maximum atomic E-state index is 14.8. The van der Waals surface area contributed by atoms with Gasteiger partial charge in [-0.25, -0.2) is 22.8 Å². The number of hydrogen-bond donors (Lipinski definition) is 1. The minimum absolute atomic E-state index is 0.0626. The summed E-state index contributed by atoms with van der Waals surface area (Å²) in [6.45, 7) is 0.334. The molecule has 8 heteroatoms. The summed E-state index contributed by atoms with van der Waals surface area (Å²) >= 11 is 0. The van der Waals surface area contributed by atoms with E-state index in [2.05, 4.69) is 9.97 Å². The van der Waals surface area contributed by atoms with E-state index in [-0.39, 0.29) is 10.8 Å². The summed E-state index contributed by atoms with van der Waals surface area (Å²) in [7, 11) is -2.12. The Hall–Kier alpha value is -2.84. The highest BCUT2D eigenvalue weighted by atomic mass is 32.2. The van der Waals surface area contributed by atoms with Crippen LogP contribution < -0.4 is 5.73 Å². The van der Waals surface area contributed by atoms with Gasteiger partial charge >= 0.3 is 0 Å². The summed E-state index contributed by atoms with van der Waals surface area (Å²) in [6, 6.07) is 11.1. The zero-order chi connectivity index (χ0) is 20.1. The highest BCUT2D eigenvalue weighted by Crippen LogP contribution is 2.31. The number of benzene rings is 1. The van der Waals surface area contributed by atoms with E-state index in [9.17, 15) is 12.8 Å². The van der Waals surface area contributed by atoms with Crippen molar-refractivity contribution in [2.75, 3.05) is 25.2 Å². The fourth-order valence-corrected chi connectivity index (χ4v) is 4.26. The number of rotatable bonds is 7. The van der Waals surface area contributed by atoms with Gasteiger partial charge in [0.2, 0.25) is 0 Å². The van der Waals surface area contributed by atoms with E-state index in [1.54, 1.807) is 36.4 Å². The molecule has 0 aliphatic rings. The number of sulfone groups is 1. The third-order valence-corrected chi connectivity index (χ3v) is 5.95. The summed E-state index contributed by atoms with van der Waals surface area (Å²) in [5, 5.41) is -0.0626. The molecule has 6 nitrogen and oxygen atoms in total. The maximum absolute atomic E-state index is 14.8. The first-order valence-corrected chi connectivity index (χ1v) is 10.3. The largest absolute Gasteiger partial charge is 0.385 e. The first-order valence-electron chi connectivity index (χ1n) is 8.61. The molecule has 1 aromatic carbocycles. The number of nitrogens with zero attached hydrogens (tertiary/aromatic N) is 2. The molecule has 0 aliphatic heterocycles. The average molecular weight is 401 g/mol. The van der Waals surface area contributed by atoms with E-state index in [1.807, 2.05) is 0 Å². The van der Waals surface area contributed by atoms with Crippen molar-refractivity contribution in [1.29, 1.82) is 0 Å². The molecule has 0 radical (unpaired) electrons. The highest BCUT2D eigenvalue weighted by Gasteiger charge is 2.21. The van der Waals surface area contributed by atoms with E-state index in [0.717, 1.165) is 0 Å². The molecule has 0 saturated heterocycles. The fraction of sp³-hybridized carbons (Fsp3) is 0.200. The third kappa shape index (κ3) is 4.35. The first-order chi connectivity index (χ1) is 13.4. The van der Waals surface area contributed by atoms with Gasteiger partial charge in [0.1, 0.15) is 11.6 Å². The monoisotopic (exact) mass is 401 g/mol. The summed E-state index contributed by atoms with van der Waals surface area (Å²) in [4.78, 5) is 8.02. The Kier molecular flexibility index (Phi) is 6.01. The molecule has 3 rings (SSSR count). The van der Waals surface area contributed by atoms with Gasteiger partial charge in [-0.3, -0.25) is 0 Å². The number of nitrogens with two attached hydrogens (primary N) is 1. The van der Waals surface area contributed by atoms with Crippen molar-refractivity contribution < 1.29 is 17.5 Å². The van der Waals surface area contributed by atoms with Gasteiger partial charge in [-0.15, -0.1) is 0 Å². The number of pyridine rings is 2. The number of aromatic nitrogens is 2. The molecule has 0 saturated carbocycles. The van der Waals surface area contributed by atoms with Crippen molar-refractivity contribution in [3.05, 3.63) is 60.7 Å². The van der Waals surface area contributed by atoms with Crippen LogP contribution >= 0.6 is 0 Å². The van der Waals surface area contributed by atoms with Gasteiger partial charge in [0, 0.05) is 42.8 Å². The number of nitrogen functional groups attached to an aromatic ring is 1. The van der Waals surface area contributed by atoms with Crippen LogP contribution in [-0.4, -0.2) is 37.9 Å². The van der Waals surface area contributed by atoms with E-state index >= 15 is 0 Å². The van der Waals surface area contributed by atoms with Crippen molar-refractivity contribution in [1.82, 2.24) is 9.97 Å². The van der Waals surface area contributed by atoms with Crippen LogP contribution in [0.1, 0.15) is 6.42 Å². The Labute approximate surface area is 163 Å². The molecular formula is C20H20FN3O3S. The molecule has 0 bridgehead atoms. The lowest BCUT2D eigenvalue weighted by Crippen LogP contribution is -2.12. The second-order valence-electron chi connectivity index (χ2n) is 6.19. The van der Waals surface area contributed by atoms with E-state index in [0.29, 0.717) is 41.1 Å². The molecular weight excluding hydrogens is 381 g/mol. The lowest BCUT2D eigenvalue weighted by molar-refractivity contribution is 0.199. The van der Waals surface area contributed by atoms with Gasteiger partial charge in [0.15, 0.2) is 14.9 Å². The van der Waals surface area contributed by atoms with Crippen molar-refractivity contribution in [3.8, 4) is 22.3 Å². The molecule has 3 aromatic rings. The topological polar surface area (TPSA) is 95.2 Å². The van der Waals surface area contributed by atoms with E-state index in [1.165, 1.54) is 25.6 Å². The van der Waals surface area contributed by atoms with Gasteiger partial charge in [-0.05, 0) is 42.3 Å². The van der Waals surface area contributed by atoms with Gasteiger partial charge in [0.05, 0.1) is 5.75 Å². The highest BCUT2D eigenvalue weighted by molar-refractivity contribution is 7.91. The lowest BCUT2D eigenvalue weighted by atomic mass is 10.0. The molecule has 0 fully saturated rings. The second-order valence-corrected chi connectivity index (χ2v) is 8.21. The Morgan fingerprint density at radius 1 is 1.07 bits per heavy atom. The van der Waals surface area contributed by atoms with Crippen LogP contribution in [0.25, 0.3) is 22.3 Å². The zero-order valence-corrected chi connectivity index (χ0v) is 16.1. The molecule has 146 valence electrons. The second kappa shape index (κ2) is 8.45. The Bertz CT molecular complexity index is 1070. The third-order valence-electron chi connectivity index (χ3n) is 4.20. The summed E-state index contributed by atoms with van der Waals surface area (Å²) in [5.41, 5.74) is 7.29. The number of ether oxygens (including phenoxy) is 1. The lowest BCUT2D eigenvalue weighted by Gasteiger charge is -2.11. The molecule has 28 heavy (non-hydrogen) atoms. The average Bonchev–Trinajstić information content (AvgIpc) is 2.69. The molecule has 2 heterocycles. The normalized spacial score (nSPS) is 11.5. The molecule has 0 amide bonds. The van der Waals surface area contributed by atoms with Crippen molar-refractivity contribution >= 4 is 15.7 Å². The van der Waals surface area contributed by atoms with Gasteiger partial charge in [0.25, 0.3) is 0 Å². The van der Waals surface area contributed by atoms with Crippen LogP contribution in [0.15, 0.2) is 59.9 Å². The standard InChI is InChI=1S/C20H20FN3O3S/c1-27-10-3-11-28(25,26)20-17(4-2-9-23-20)14-5-7-16(18(21)12-14)15-6-8-19(22)24-13-15/h2,4-9,12-13H,3,10-11H2,1H3,(H2,22,24). The Morgan fingerprint density at radius 3 is 2.54 bits per heavy atom. The van der Waals surface area contributed by atoms with Gasteiger partial charge in [-0.2, -0.15) is 0 Å². The maximum Gasteiger partial charge on any atom is 0.196 e. The van der Waals surface area contributed by atoms with Crippen LogP contribution in [0.4, 0.5) is 10.2 Å². The molecule has 0 spiro atoms. The fourth-order valence-electron chi connectivity index (χ4n) is 2.83. The number of anilines is 1. The molecule has 0 atom stereocenters. The Morgan fingerprint density at radius 2 is 1.86 bits per heavy atom. The van der Waals surface area contributed by atoms with Crippen molar-refractivity contribution in [2.24, 2.45) is 0 Å². The number of hydrogen-bond acceptors (Lipinski definition) is 6. The molecule has 0 aliphatic carbocycles. The van der Waals surface area contributed by atoms with Crippen LogP contribution in [0.5, 0.6) is 0 Å². The summed E-state index contributed by atoms with van der Waals surface area (Å²) < 4.78 is 45.0. The van der Waals surface area contributed by atoms with Crippen LogP contribution in [-0.2, 0) is 14.6 Å². The smallest absolute Gasteiger partial charge is 0.196 e. The van der Waals surface area contributed by atoms with Crippen LogP contribution in [0.2, 0.25) is 0 Å². The SMILES string of the molecule is COCCCS(=O)(=O)c1ncccc1-c1ccc(-c2ccc(N)nc2)c(F)c1. The first kappa shape index (κ1) is 19.9. The molecule has 2 N–H and O–H groups in total. The van der Waals surface area contributed by atoms with E-state index < -0.39 is 15.7 Å². The predicted octanol–water partition coefficient (Wildman–Crippen LogP) is 3.34. The quantitative estimate of drug-likeness (QED) is 0.610. The Balaban J connectivity index is 1.99. The van der Waals surface area contributed by atoms with Gasteiger partial charge in [-0.1, -0.05) is 12.1 Å². The summed E-state index contributed by atoms with van der Waals surface area (Å²) in [6.07, 6.45) is 3.26. The van der Waals surface area contributed by atoms with Gasteiger partial charge < -0.3 is 10.5 Å². The summed E-state index contributed by atoms with van der Waals surface area (Å²) in [5.74, 6) is -0.238. The van der Waals surface area contributed by atoms with Crippen LogP contribution in [0.3, 0.4) is 0 Å². The predicted molar refractivity (Wildman–Crippen MR) is 106 cm³/mol. The van der Waals surface area contributed by atoms with Crippen molar-refractivity contribution in [3.63, 3.8) is 0 Å². The minimum Gasteiger partial charge on any atom is -0.385 e. The molecule has 0 unspecified atom stereocenters. The molecule has 2 aromatic heterocycles. The van der Waals surface area contributed by atoms with E-state index in [4.69, 9.17) is 10.5 Å². The number of halogens is 1. The number of methoxy groups -OCH3 is 1.